The Kier molecular flexibility index (Phi) is 5.30. The van der Waals surface area contributed by atoms with Crippen molar-refractivity contribution in [2.24, 2.45) is 0 Å². The molecule has 2 fully saturated rings. The summed E-state index contributed by atoms with van der Waals surface area (Å²) in [6.07, 6.45) is 12.1. The lowest BCUT2D eigenvalue weighted by atomic mass is 10.1. The highest BCUT2D eigenvalue weighted by Gasteiger charge is 2.35. The Morgan fingerprint density at radius 3 is 2.35 bits per heavy atom. The number of ether oxygens (including phenoxy) is 1. The van der Waals surface area contributed by atoms with Gasteiger partial charge in [0.1, 0.15) is 0 Å². The van der Waals surface area contributed by atoms with Gasteiger partial charge in [0.25, 0.3) is 0 Å². The summed E-state index contributed by atoms with van der Waals surface area (Å²) in [4.78, 5) is 2.67. The maximum absolute atomic E-state index is 5.89. The van der Waals surface area contributed by atoms with Gasteiger partial charge in [-0.3, -0.25) is 4.90 Å². The molecule has 3 atom stereocenters. The van der Waals surface area contributed by atoms with Gasteiger partial charge in [-0.2, -0.15) is 0 Å². The first-order valence-corrected chi connectivity index (χ1v) is 7.69. The number of nitrogens with zero attached hydrogens (tertiary/aromatic N) is 1. The van der Waals surface area contributed by atoms with Crippen molar-refractivity contribution in [3.63, 3.8) is 0 Å². The first-order valence-electron chi connectivity index (χ1n) is 7.69. The minimum atomic E-state index is 0.552. The molecule has 2 aliphatic rings. The molecule has 0 amide bonds. The zero-order valence-electron chi connectivity index (χ0n) is 11.7. The topological polar surface area (TPSA) is 12.5 Å². The van der Waals surface area contributed by atoms with Crippen LogP contribution in [0.15, 0.2) is 0 Å². The number of likely N-dealkylation sites (tertiary alicyclic amines) is 1. The SMILES string of the molecule is CCCCCCCC(C)N1CC2CCC(C1)O2. The summed E-state index contributed by atoms with van der Waals surface area (Å²) in [5.41, 5.74) is 0. The molecule has 0 radical (unpaired) electrons. The monoisotopic (exact) mass is 239 g/mol. The second kappa shape index (κ2) is 6.75. The van der Waals surface area contributed by atoms with Gasteiger partial charge in [0.2, 0.25) is 0 Å². The number of fused-ring (bicyclic) bond motifs is 2. The number of morpholine rings is 1. The number of unbranched alkanes of at least 4 members (excludes halogenated alkanes) is 4. The number of hydrogen-bond acceptors (Lipinski definition) is 2. The molecule has 2 saturated heterocycles. The Labute approximate surface area is 107 Å². The average Bonchev–Trinajstić information content (AvgIpc) is 2.67. The molecule has 2 aliphatic heterocycles. The maximum atomic E-state index is 5.89. The molecule has 0 aliphatic carbocycles. The van der Waals surface area contributed by atoms with Gasteiger partial charge in [-0.1, -0.05) is 39.0 Å². The lowest BCUT2D eigenvalue weighted by Crippen LogP contribution is -2.46. The smallest absolute Gasteiger partial charge is 0.0707 e. The van der Waals surface area contributed by atoms with E-state index in [2.05, 4.69) is 18.7 Å². The molecule has 0 aromatic heterocycles. The fraction of sp³-hybridized carbons (Fsp3) is 1.00. The highest BCUT2D eigenvalue weighted by Crippen LogP contribution is 2.28. The van der Waals surface area contributed by atoms with Crippen LogP contribution in [0, 0.1) is 0 Å². The van der Waals surface area contributed by atoms with E-state index < -0.39 is 0 Å². The zero-order valence-corrected chi connectivity index (χ0v) is 11.7. The van der Waals surface area contributed by atoms with Crippen molar-refractivity contribution in [3.8, 4) is 0 Å². The van der Waals surface area contributed by atoms with Crippen molar-refractivity contribution < 1.29 is 4.74 Å². The van der Waals surface area contributed by atoms with E-state index in [0.29, 0.717) is 12.2 Å². The molecule has 2 heteroatoms. The van der Waals surface area contributed by atoms with Crippen LogP contribution in [-0.2, 0) is 4.74 Å². The largest absolute Gasteiger partial charge is 0.372 e. The van der Waals surface area contributed by atoms with Gasteiger partial charge in [0.05, 0.1) is 12.2 Å². The molecule has 2 nitrogen and oxygen atoms in total. The normalized spacial score (nSPS) is 30.7. The van der Waals surface area contributed by atoms with Crippen LogP contribution in [0.25, 0.3) is 0 Å². The van der Waals surface area contributed by atoms with E-state index in [-0.39, 0.29) is 0 Å². The van der Waals surface area contributed by atoms with E-state index in [9.17, 15) is 0 Å². The summed E-state index contributed by atoms with van der Waals surface area (Å²) in [7, 11) is 0. The van der Waals surface area contributed by atoms with Gasteiger partial charge in [0.15, 0.2) is 0 Å². The first kappa shape index (κ1) is 13.4. The summed E-state index contributed by atoms with van der Waals surface area (Å²) in [6, 6.07) is 0.767. The molecule has 2 heterocycles. The van der Waals surface area contributed by atoms with Gasteiger partial charge >= 0.3 is 0 Å². The summed E-state index contributed by atoms with van der Waals surface area (Å²) >= 11 is 0. The van der Waals surface area contributed by atoms with Crippen molar-refractivity contribution >= 4 is 0 Å². The molecule has 0 aromatic rings. The fourth-order valence-corrected chi connectivity index (χ4v) is 3.23. The molecule has 2 bridgehead atoms. The molecule has 0 aromatic carbocycles. The predicted molar refractivity (Wildman–Crippen MR) is 72.3 cm³/mol. The minimum absolute atomic E-state index is 0.552. The van der Waals surface area contributed by atoms with Crippen molar-refractivity contribution in [2.75, 3.05) is 13.1 Å². The summed E-state index contributed by atoms with van der Waals surface area (Å²) in [5, 5.41) is 0. The molecular formula is C15H29NO. The Hall–Kier alpha value is -0.0800. The Bertz CT molecular complexity index is 207. The standard InChI is InChI=1S/C15H29NO/c1-3-4-5-6-7-8-13(2)16-11-14-9-10-15(12-16)17-14/h13-15H,3-12H2,1-2H3. The van der Waals surface area contributed by atoms with Crippen molar-refractivity contribution in [1.29, 1.82) is 0 Å². The highest BCUT2D eigenvalue weighted by molar-refractivity contribution is 4.86. The van der Waals surface area contributed by atoms with E-state index in [1.807, 2.05) is 0 Å². The summed E-state index contributed by atoms with van der Waals surface area (Å²) < 4.78 is 5.89. The second-order valence-electron chi connectivity index (χ2n) is 5.96. The van der Waals surface area contributed by atoms with E-state index in [1.165, 1.54) is 64.5 Å². The Morgan fingerprint density at radius 1 is 1.06 bits per heavy atom. The van der Waals surface area contributed by atoms with Crippen LogP contribution in [0.1, 0.15) is 65.2 Å². The van der Waals surface area contributed by atoms with E-state index in [4.69, 9.17) is 4.74 Å². The molecule has 0 spiro atoms. The van der Waals surface area contributed by atoms with Crippen LogP contribution in [0.2, 0.25) is 0 Å². The molecule has 17 heavy (non-hydrogen) atoms. The van der Waals surface area contributed by atoms with Gasteiger partial charge in [-0.25, -0.2) is 0 Å². The minimum Gasteiger partial charge on any atom is -0.372 e. The lowest BCUT2D eigenvalue weighted by molar-refractivity contribution is -0.0515. The van der Waals surface area contributed by atoms with E-state index >= 15 is 0 Å². The van der Waals surface area contributed by atoms with Gasteiger partial charge < -0.3 is 4.74 Å². The number of rotatable bonds is 7. The van der Waals surface area contributed by atoms with Crippen LogP contribution >= 0.6 is 0 Å². The van der Waals surface area contributed by atoms with Gasteiger partial charge in [-0.15, -0.1) is 0 Å². The molecule has 2 rings (SSSR count). The van der Waals surface area contributed by atoms with E-state index in [0.717, 1.165) is 6.04 Å². The third-order valence-electron chi connectivity index (χ3n) is 4.42. The third kappa shape index (κ3) is 3.96. The molecule has 0 N–H and O–H groups in total. The number of hydrogen-bond donors (Lipinski definition) is 0. The highest BCUT2D eigenvalue weighted by atomic mass is 16.5. The van der Waals surface area contributed by atoms with Crippen LogP contribution in [0.5, 0.6) is 0 Å². The van der Waals surface area contributed by atoms with Crippen molar-refractivity contribution in [2.45, 2.75) is 83.5 Å². The van der Waals surface area contributed by atoms with Crippen LogP contribution in [0.4, 0.5) is 0 Å². The van der Waals surface area contributed by atoms with Crippen molar-refractivity contribution in [1.82, 2.24) is 4.90 Å². The molecule has 100 valence electrons. The summed E-state index contributed by atoms with van der Waals surface area (Å²) in [6.45, 7) is 7.07. The first-order chi connectivity index (χ1) is 8.29. The van der Waals surface area contributed by atoms with Crippen LogP contribution in [0.3, 0.4) is 0 Å². The lowest BCUT2D eigenvalue weighted by Gasteiger charge is -2.36. The second-order valence-corrected chi connectivity index (χ2v) is 5.96. The molecule has 3 unspecified atom stereocenters. The maximum Gasteiger partial charge on any atom is 0.0707 e. The van der Waals surface area contributed by atoms with Gasteiger partial charge in [-0.05, 0) is 26.2 Å². The Balaban J connectivity index is 1.61. The van der Waals surface area contributed by atoms with Gasteiger partial charge in [0, 0.05) is 19.1 Å². The molecule has 0 saturated carbocycles. The average molecular weight is 239 g/mol. The quantitative estimate of drug-likeness (QED) is 0.629. The van der Waals surface area contributed by atoms with Crippen LogP contribution < -0.4 is 0 Å². The molecular weight excluding hydrogens is 210 g/mol. The predicted octanol–water partition coefficient (Wildman–Crippen LogP) is 3.60. The zero-order chi connectivity index (χ0) is 12.1. The van der Waals surface area contributed by atoms with Crippen molar-refractivity contribution in [3.05, 3.63) is 0 Å². The van der Waals surface area contributed by atoms with E-state index in [1.54, 1.807) is 0 Å². The van der Waals surface area contributed by atoms with Crippen LogP contribution in [-0.4, -0.2) is 36.2 Å². The Morgan fingerprint density at radius 2 is 1.71 bits per heavy atom. The fourth-order valence-electron chi connectivity index (χ4n) is 3.23. The summed E-state index contributed by atoms with van der Waals surface area (Å²) in [5.74, 6) is 0. The third-order valence-corrected chi connectivity index (χ3v) is 4.42.